The summed E-state index contributed by atoms with van der Waals surface area (Å²) in [4.78, 5) is 0. The molecule has 5 heteroatoms. The molecule has 4 nitrogen and oxygen atoms in total. The summed E-state index contributed by atoms with van der Waals surface area (Å²) in [7, 11) is -2.93. The first-order valence-electron chi connectivity index (χ1n) is 7.68. The van der Waals surface area contributed by atoms with Crippen LogP contribution in [0.15, 0.2) is 0 Å². The average Bonchev–Trinajstić information content (AvgIpc) is 2.72. The SMILES string of the molecule is CC1(C)C(C(NN)C2CCCC(S(C)(=O)=O)C2)C1(C)C. The number of rotatable bonds is 4. The van der Waals surface area contributed by atoms with Crippen LogP contribution in [-0.4, -0.2) is 26.0 Å². The molecule has 0 radical (unpaired) electrons. The third-order valence-electron chi connectivity index (χ3n) is 6.46. The second-order valence-corrected chi connectivity index (χ2v) is 10.3. The highest BCUT2D eigenvalue weighted by Gasteiger charge is 2.67. The molecule has 0 spiro atoms. The lowest BCUT2D eigenvalue weighted by Gasteiger charge is -2.34. The van der Waals surface area contributed by atoms with Crippen molar-refractivity contribution in [2.24, 2.45) is 28.5 Å². The van der Waals surface area contributed by atoms with Crippen molar-refractivity contribution in [3.05, 3.63) is 0 Å². The summed E-state index contributed by atoms with van der Waals surface area (Å²) in [6.45, 7) is 9.16. The van der Waals surface area contributed by atoms with E-state index < -0.39 is 9.84 Å². The van der Waals surface area contributed by atoms with E-state index >= 15 is 0 Å². The molecule has 0 aliphatic heterocycles. The maximum atomic E-state index is 11.8. The maximum Gasteiger partial charge on any atom is 0.150 e. The summed E-state index contributed by atoms with van der Waals surface area (Å²) in [5.74, 6) is 6.73. The molecule has 2 fully saturated rings. The molecule has 2 aliphatic carbocycles. The largest absolute Gasteiger partial charge is 0.271 e. The highest BCUT2D eigenvalue weighted by molar-refractivity contribution is 7.91. The molecule has 0 aromatic heterocycles. The molecule has 0 saturated heterocycles. The minimum atomic E-state index is -2.93. The van der Waals surface area contributed by atoms with Crippen LogP contribution in [-0.2, 0) is 9.84 Å². The number of nitrogens with one attached hydrogen (secondary N) is 1. The van der Waals surface area contributed by atoms with Gasteiger partial charge in [0.2, 0.25) is 0 Å². The van der Waals surface area contributed by atoms with Crippen molar-refractivity contribution < 1.29 is 8.42 Å². The minimum Gasteiger partial charge on any atom is -0.271 e. The summed E-state index contributed by atoms with van der Waals surface area (Å²) in [5.41, 5.74) is 3.55. The van der Waals surface area contributed by atoms with Gasteiger partial charge in [0.05, 0.1) is 5.25 Å². The third-order valence-corrected chi connectivity index (χ3v) is 8.10. The van der Waals surface area contributed by atoms with Crippen molar-refractivity contribution in [1.29, 1.82) is 0 Å². The molecular formula is C15H30N2O2S. The van der Waals surface area contributed by atoms with E-state index in [0.717, 1.165) is 25.7 Å². The molecule has 20 heavy (non-hydrogen) atoms. The zero-order chi connectivity index (χ0) is 15.3. The van der Waals surface area contributed by atoms with E-state index in [2.05, 4.69) is 33.1 Å². The fraction of sp³-hybridized carbons (Fsp3) is 1.00. The fourth-order valence-electron chi connectivity index (χ4n) is 4.55. The van der Waals surface area contributed by atoms with Crippen LogP contribution < -0.4 is 11.3 Å². The first-order chi connectivity index (χ1) is 9.03. The van der Waals surface area contributed by atoms with Crippen LogP contribution in [0.1, 0.15) is 53.4 Å². The Labute approximate surface area is 123 Å². The number of nitrogens with two attached hydrogens (primary N) is 1. The summed E-state index contributed by atoms with van der Waals surface area (Å²) >= 11 is 0. The van der Waals surface area contributed by atoms with Gasteiger partial charge in [0.15, 0.2) is 0 Å². The monoisotopic (exact) mass is 302 g/mol. The Balaban J connectivity index is 2.14. The number of sulfone groups is 1. The lowest BCUT2D eigenvalue weighted by Crippen LogP contribution is -2.47. The fourth-order valence-corrected chi connectivity index (χ4v) is 5.74. The molecule has 0 heterocycles. The van der Waals surface area contributed by atoms with Crippen molar-refractivity contribution in [2.45, 2.75) is 64.7 Å². The van der Waals surface area contributed by atoms with Gasteiger partial charge in [-0.15, -0.1) is 0 Å². The number of hydrazine groups is 1. The molecule has 3 N–H and O–H groups in total. The molecule has 2 rings (SSSR count). The van der Waals surface area contributed by atoms with Crippen LogP contribution in [0.25, 0.3) is 0 Å². The molecule has 2 saturated carbocycles. The minimum absolute atomic E-state index is 0.179. The highest BCUT2D eigenvalue weighted by Crippen LogP contribution is 2.70. The van der Waals surface area contributed by atoms with Gasteiger partial charge >= 0.3 is 0 Å². The van der Waals surface area contributed by atoms with E-state index in [9.17, 15) is 8.42 Å². The van der Waals surface area contributed by atoms with E-state index in [1.165, 1.54) is 6.26 Å². The van der Waals surface area contributed by atoms with E-state index in [4.69, 9.17) is 5.84 Å². The summed E-state index contributed by atoms with van der Waals surface area (Å²) < 4.78 is 23.7. The first kappa shape index (κ1) is 16.2. The molecule has 0 aromatic carbocycles. The van der Waals surface area contributed by atoms with Gasteiger partial charge in [-0.25, -0.2) is 8.42 Å². The van der Waals surface area contributed by atoms with Gasteiger partial charge in [0, 0.05) is 12.3 Å². The number of hydrogen-bond donors (Lipinski definition) is 2. The molecule has 3 unspecified atom stereocenters. The van der Waals surface area contributed by atoms with E-state index in [0.29, 0.717) is 11.8 Å². The first-order valence-corrected chi connectivity index (χ1v) is 9.64. The molecule has 0 amide bonds. The van der Waals surface area contributed by atoms with Crippen LogP contribution >= 0.6 is 0 Å². The predicted molar refractivity (Wildman–Crippen MR) is 82.8 cm³/mol. The van der Waals surface area contributed by atoms with E-state index in [1.54, 1.807) is 0 Å². The zero-order valence-corrected chi connectivity index (χ0v) is 14.3. The van der Waals surface area contributed by atoms with Crippen molar-refractivity contribution in [3.8, 4) is 0 Å². The second-order valence-electron chi connectivity index (χ2n) is 7.99. The molecule has 118 valence electrons. The molecule has 3 atom stereocenters. The topological polar surface area (TPSA) is 72.2 Å². The van der Waals surface area contributed by atoms with E-state index in [1.807, 2.05) is 0 Å². The normalized spacial score (nSPS) is 34.7. The Morgan fingerprint density at radius 3 is 2.10 bits per heavy atom. The van der Waals surface area contributed by atoms with Gasteiger partial charge in [-0.2, -0.15) is 0 Å². The van der Waals surface area contributed by atoms with Crippen LogP contribution in [0.4, 0.5) is 0 Å². The predicted octanol–water partition coefficient (Wildman–Crippen LogP) is 2.10. The molecule has 0 bridgehead atoms. The van der Waals surface area contributed by atoms with Crippen molar-refractivity contribution in [2.75, 3.05) is 6.26 Å². The van der Waals surface area contributed by atoms with Crippen LogP contribution in [0.5, 0.6) is 0 Å². The van der Waals surface area contributed by atoms with Gasteiger partial charge in [0.25, 0.3) is 0 Å². The highest BCUT2D eigenvalue weighted by atomic mass is 32.2. The molecular weight excluding hydrogens is 272 g/mol. The molecule has 0 aromatic rings. The van der Waals surface area contributed by atoms with Crippen molar-refractivity contribution in [1.82, 2.24) is 5.43 Å². The van der Waals surface area contributed by atoms with Crippen LogP contribution in [0, 0.1) is 22.7 Å². The van der Waals surface area contributed by atoms with Gasteiger partial charge in [0.1, 0.15) is 9.84 Å². The van der Waals surface area contributed by atoms with Gasteiger partial charge in [-0.3, -0.25) is 11.3 Å². The summed E-state index contributed by atoms with van der Waals surface area (Å²) in [6.07, 6.45) is 5.02. The lowest BCUT2D eigenvalue weighted by atomic mass is 9.80. The van der Waals surface area contributed by atoms with Crippen molar-refractivity contribution in [3.63, 3.8) is 0 Å². The van der Waals surface area contributed by atoms with Crippen LogP contribution in [0.3, 0.4) is 0 Å². The quantitative estimate of drug-likeness (QED) is 0.616. The van der Waals surface area contributed by atoms with Crippen LogP contribution in [0.2, 0.25) is 0 Å². The second kappa shape index (κ2) is 4.96. The standard InChI is InChI=1S/C15H30N2O2S/c1-14(2)13(15(14,3)4)12(17-16)10-7-6-8-11(9-10)20(5,18)19/h10-13,17H,6-9,16H2,1-5H3. The Morgan fingerprint density at radius 1 is 1.15 bits per heavy atom. The van der Waals surface area contributed by atoms with Gasteiger partial charge in [-0.05, 0) is 41.9 Å². The third kappa shape index (κ3) is 2.53. The lowest BCUT2D eigenvalue weighted by molar-refractivity contribution is 0.228. The summed E-state index contributed by atoms with van der Waals surface area (Å²) in [6, 6.07) is 0.226. The van der Waals surface area contributed by atoms with Gasteiger partial charge in [-0.1, -0.05) is 34.1 Å². The average molecular weight is 302 g/mol. The summed E-state index contributed by atoms with van der Waals surface area (Å²) in [5, 5.41) is -0.179. The van der Waals surface area contributed by atoms with Gasteiger partial charge < -0.3 is 0 Å². The smallest absolute Gasteiger partial charge is 0.150 e. The number of hydrogen-bond acceptors (Lipinski definition) is 4. The Bertz CT molecular complexity index is 456. The Morgan fingerprint density at radius 2 is 1.70 bits per heavy atom. The zero-order valence-electron chi connectivity index (χ0n) is 13.4. The Kier molecular flexibility index (Phi) is 4.03. The van der Waals surface area contributed by atoms with E-state index in [-0.39, 0.29) is 22.1 Å². The van der Waals surface area contributed by atoms with Crippen molar-refractivity contribution >= 4 is 9.84 Å². The molecule has 2 aliphatic rings. The maximum absolute atomic E-state index is 11.8. The Hall–Kier alpha value is -0.130.